The zero-order chi connectivity index (χ0) is 13.0. The predicted molar refractivity (Wildman–Crippen MR) is 74.8 cm³/mol. The first-order valence-corrected chi connectivity index (χ1v) is 6.83. The lowest BCUT2D eigenvalue weighted by molar-refractivity contribution is 0.196. The topological polar surface area (TPSA) is 59.1 Å². The molecule has 1 atom stereocenters. The third-order valence-electron chi connectivity index (χ3n) is 3.32. The minimum atomic E-state index is -0.404. The molecule has 2 aromatic rings. The van der Waals surface area contributed by atoms with Gasteiger partial charge in [0.2, 0.25) is 0 Å². The normalized spacial score (nSPS) is 14.4. The van der Waals surface area contributed by atoms with Gasteiger partial charge in [0, 0.05) is 23.0 Å². The van der Waals surface area contributed by atoms with Gasteiger partial charge >= 0.3 is 0 Å². The molecule has 0 aliphatic carbocycles. The van der Waals surface area contributed by atoms with Crippen LogP contribution in [0.4, 0.5) is 0 Å². The van der Waals surface area contributed by atoms with Crippen molar-refractivity contribution in [2.24, 2.45) is 5.73 Å². The van der Waals surface area contributed by atoms with Crippen LogP contribution in [0.2, 0.25) is 0 Å². The van der Waals surface area contributed by atoms with Crippen LogP contribution in [0.5, 0.6) is 0 Å². The van der Waals surface area contributed by atoms with Gasteiger partial charge in [-0.3, -0.25) is 4.98 Å². The summed E-state index contributed by atoms with van der Waals surface area (Å²) in [5, 5.41) is 9.82. The molecular formula is C14H18N2OS. The van der Waals surface area contributed by atoms with E-state index in [4.69, 9.17) is 5.73 Å². The molecule has 0 saturated carbocycles. The van der Waals surface area contributed by atoms with E-state index in [0.29, 0.717) is 6.54 Å². The molecule has 0 spiro atoms. The monoisotopic (exact) mass is 262 g/mol. The highest BCUT2D eigenvalue weighted by Crippen LogP contribution is 2.29. The van der Waals surface area contributed by atoms with Crippen LogP contribution in [0.25, 0.3) is 0 Å². The fourth-order valence-corrected chi connectivity index (χ4v) is 2.88. The van der Waals surface area contributed by atoms with Gasteiger partial charge in [0.1, 0.15) is 0 Å². The number of aliphatic hydroxyl groups excluding tert-OH is 1. The van der Waals surface area contributed by atoms with Crippen molar-refractivity contribution >= 4 is 11.3 Å². The molecule has 3 nitrogen and oxygen atoms in total. The molecule has 0 bridgehead atoms. The Bertz CT molecular complexity index is 492. The molecule has 4 heteroatoms. The van der Waals surface area contributed by atoms with Crippen molar-refractivity contribution in [3.63, 3.8) is 0 Å². The van der Waals surface area contributed by atoms with Gasteiger partial charge in [-0.1, -0.05) is 29.8 Å². The second-order valence-electron chi connectivity index (χ2n) is 4.66. The highest BCUT2D eigenvalue weighted by Gasteiger charge is 2.31. The number of benzene rings is 1. The van der Waals surface area contributed by atoms with Crippen LogP contribution in [-0.2, 0) is 11.8 Å². The second kappa shape index (κ2) is 5.61. The lowest BCUT2D eigenvalue weighted by atomic mass is 9.77. The summed E-state index contributed by atoms with van der Waals surface area (Å²) < 4.78 is 0. The summed E-state index contributed by atoms with van der Waals surface area (Å²) in [6.07, 6.45) is 2.58. The van der Waals surface area contributed by atoms with Crippen molar-refractivity contribution in [3.8, 4) is 0 Å². The van der Waals surface area contributed by atoms with Crippen molar-refractivity contribution in [3.05, 3.63) is 52.0 Å². The third kappa shape index (κ3) is 2.61. The standard InChI is InChI=1S/C14H18N2OS/c1-11-3-2-4-12(5-11)14(8-15,9-17)6-13-7-16-10-18-13/h2-5,7,10,17H,6,8-9,15H2,1H3. The van der Waals surface area contributed by atoms with E-state index >= 15 is 0 Å². The molecule has 0 radical (unpaired) electrons. The molecule has 1 aromatic heterocycles. The molecule has 18 heavy (non-hydrogen) atoms. The van der Waals surface area contributed by atoms with Crippen LogP contribution in [0.1, 0.15) is 16.0 Å². The number of nitrogens with zero attached hydrogens (tertiary/aromatic N) is 1. The number of thiazole rings is 1. The van der Waals surface area contributed by atoms with Crippen LogP contribution in [0, 0.1) is 6.92 Å². The maximum atomic E-state index is 9.82. The van der Waals surface area contributed by atoms with Crippen molar-refractivity contribution in [2.75, 3.05) is 13.2 Å². The molecule has 0 fully saturated rings. The van der Waals surface area contributed by atoms with E-state index < -0.39 is 5.41 Å². The zero-order valence-corrected chi connectivity index (χ0v) is 11.3. The summed E-state index contributed by atoms with van der Waals surface area (Å²) in [6.45, 7) is 2.52. The Morgan fingerprint density at radius 3 is 2.83 bits per heavy atom. The van der Waals surface area contributed by atoms with Gasteiger partial charge in [-0.05, 0) is 18.9 Å². The average Bonchev–Trinajstić information content (AvgIpc) is 2.89. The van der Waals surface area contributed by atoms with E-state index in [1.54, 1.807) is 11.3 Å². The fourth-order valence-electron chi connectivity index (χ4n) is 2.14. The Kier molecular flexibility index (Phi) is 4.11. The van der Waals surface area contributed by atoms with Crippen LogP contribution < -0.4 is 5.73 Å². The van der Waals surface area contributed by atoms with Crippen molar-refractivity contribution in [2.45, 2.75) is 18.8 Å². The number of hydrogen-bond acceptors (Lipinski definition) is 4. The molecule has 0 aliphatic rings. The Balaban J connectivity index is 2.37. The average molecular weight is 262 g/mol. The molecule has 1 aromatic carbocycles. The molecule has 0 aliphatic heterocycles. The van der Waals surface area contributed by atoms with E-state index in [2.05, 4.69) is 24.0 Å². The lowest BCUT2D eigenvalue weighted by Gasteiger charge is -2.31. The smallest absolute Gasteiger partial charge is 0.0794 e. The summed E-state index contributed by atoms with van der Waals surface area (Å²) >= 11 is 1.60. The van der Waals surface area contributed by atoms with Gasteiger partial charge in [0.15, 0.2) is 0 Å². The largest absolute Gasteiger partial charge is 0.395 e. The molecule has 0 saturated heterocycles. The molecule has 1 unspecified atom stereocenters. The first-order valence-electron chi connectivity index (χ1n) is 5.95. The van der Waals surface area contributed by atoms with Gasteiger partial charge in [-0.2, -0.15) is 0 Å². The molecule has 3 N–H and O–H groups in total. The Labute approximate surface area is 111 Å². The van der Waals surface area contributed by atoms with Crippen molar-refractivity contribution in [1.29, 1.82) is 0 Å². The molecule has 96 valence electrons. The first kappa shape index (κ1) is 13.2. The van der Waals surface area contributed by atoms with Crippen LogP contribution >= 0.6 is 11.3 Å². The summed E-state index contributed by atoms with van der Waals surface area (Å²) in [7, 11) is 0. The quantitative estimate of drug-likeness (QED) is 0.865. The summed E-state index contributed by atoms with van der Waals surface area (Å²) in [5.74, 6) is 0. The zero-order valence-electron chi connectivity index (χ0n) is 10.5. The van der Waals surface area contributed by atoms with Gasteiger partial charge in [0.05, 0.1) is 12.1 Å². The van der Waals surface area contributed by atoms with Gasteiger partial charge < -0.3 is 10.8 Å². The minimum Gasteiger partial charge on any atom is -0.395 e. The van der Waals surface area contributed by atoms with E-state index in [-0.39, 0.29) is 6.61 Å². The van der Waals surface area contributed by atoms with E-state index in [1.165, 1.54) is 5.56 Å². The van der Waals surface area contributed by atoms with E-state index in [0.717, 1.165) is 16.9 Å². The fraction of sp³-hybridized carbons (Fsp3) is 0.357. The first-order chi connectivity index (χ1) is 8.70. The number of aliphatic hydroxyl groups is 1. The Hall–Kier alpha value is -1.23. The lowest BCUT2D eigenvalue weighted by Crippen LogP contribution is -2.40. The molecular weight excluding hydrogens is 244 g/mol. The number of rotatable bonds is 5. The van der Waals surface area contributed by atoms with E-state index in [9.17, 15) is 5.11 Å². The van der Waals surface area contributed by atoms with Gasteiger partial charge in [-0.25, -0.2) is 0 Å². The molecule has 1 heterocycles. The van der Waals surface area contributed by atoms with Crippen LogP contribution in [-0.4, -0.2) is 23.2 Å². The van der Waals surface area contributed by atoms with E-state index in [1.807, 2.05) is 23.8 Å². The van der Waals surface area contributed by atoms with Crippen LogP contribution in [0.15, 0.2) is 36.0 Å². The van der Waals surface area contributed by atoms with Gasteiger partial charge in [-0.15, -0.1) is 11.3 Å². The predicted octanol–water partition coefficient (Wildman–Crippen LogP) is 1.88. The summed E-state index contributed by atoms with van der Waals surface area (Å²) in [4.78, 5) is 5.23. The van der Waals surface area contributed by atoms with Gasteiger partial charge in [0.25, 0.3) is 0 Å². The third-order valence-corrected chi connectivity index (χ3v) is 4.10. The maximum Gasteiger partial charge on any atom is 0.0794 e. The van der Waals surface area contributed by atoms with Crippen molar-refractivity contribution in [1.82, 2.24) is 4.98 Å². The minimum absolute atomic E-state index is 0.0465. The maximum absolute atomic E-state index is 9.82. The second-order valence-corrected chi connectivity index (χ2v) is 5.63. The number of hydrogen-bond donors (Lipinski definition) is 2. The van der Waals surface area contributed by atoms with Crippen molar-refractivity contribution < 1.29 is 5.11 Å². The Morgan fingerprint density at radius 1 is 1.44 bits per heavy atom. The number of aryl methyl sites for hydroxylation is 1. The summed E-state index contributed by atoms with van der Waals surface area (Å²) in [6, 6.07) is 8.20. The SMILES string of the molecule is Cc1cccc(C(CN)(CO)Cc2cncs2)c1. The Morgan fingerprint density at radius 2 is 2.28 bits per heavy atom. The number of aromatic nitrogens is 1. The van der Waals surface area contributed by atoms with Crippen LogP contribution in [0.3, 0.4) is 0 Å². The molecule has 2 rings (SSSR count). The molecule has 0 amide bonds. The summed E-state index contributed by atoms with van der Waals surface area (Å²) in [5.41, 5.74) is 9.63. The highest BCUT2D eigenvalue weighted by atomic mass is 32.1. The highest BCUT2D eigenvalue weighted by molar-refractivity contribution is 7.09. The number of nitrogens with two attached hydrogens (primary N) is 1.